The topological polar surface area (TPSA) is 255 Å². The monoisotopic (exact) mass is 832 g/mol. The van der Waals surface area contributed by atoms with Crippen molar-refractivity contribution >= 4 is 57.0 Å². The van der Waals surface area contributed by atoms with Crippen LogP contribution in [0.1, 0.15) is 63.8 Å². The molecule has 8 bridgehead atoms. The summed E-state index contributed by atoms with van der Waals surface area (Å²) in [7, 11) is 0. The second-order valence-corrected chi connectivity index (χ2v) is 15.8. The molecule has 7 aromatic rings. The summed E-state index contributed by atoms with van der Waals surface area (Å²) in [5.74, 6) is -0.683. The van der Waals surface area contributed by atoms with E-state index in [1.165, 1.54) is 0 Å². The van der Waals surface area contributed by atoms with Gasteiger partial charge in [-0.05, 0) is 132 Å². The molecule has 9 rings (SSSR count). The van der Waals surface area contributed by atoms with Crippen molar-refractivity contribution in [2.45, 2.75) is 24.8 Å². The molecule has 3 aromatic heterocycles. The summed E-state index contributed by atoms with van der Waals surface area (Å²) in [6.45, 7) is 0.464. The van der Waals surface area contributed by atoms with Gasteiger partial charge >= 0.3 is 0 Å². The van der Waals surface area contributed by atoms with Crippen LogP contribution < -0.4 is 50.0 Å². The van der Waals surface area contributed by atoms with Crippen LogP contribution in [0.4, 0.5) is 22.7 Å². The van der Waals surface area contributed by atoms with E-state index in [2.05, 4.69) is 74.1 Å². The van der Waals surface area contributed by atoms with E-state index >= 15 is 0 Å². The predicted molar refractivity (Wildman–Crippen MR) is 254 cm³/mol. The van der Waals surface area contributed by atoms with Gasteiger partial charge in [-0.2, -0.15) is 0 Å². The summed E-state index contributed by atoms with van der Waals surface area (Å²) < 4.78 is 0. The van der Waals surface area contributed by atoms with E-state index in [1.807, 2.05) is 97.1 Å². The number of guanidine groups is 1. The van der Waals surface area contributed by atoms with Gasteiger partial charge in [-0.15, -0.1) is 0 Å². The molecule has 0 saturated carbocycles. The van der Waals surface area contributed by atoms with E-state index in [9.17, 15) is 4.79 Å². The molecule has 314 valence electrons. The van der Waals surface area contributed by atoms with Crippen LogP contribution in [0.3, 0.4) is 0 Å². The van der Waals surface area contributed by atoms with E-state index in [0.717, 1.165) is 83.9 Å². The number of aliphatic imine (C=N–C) groups is 1. The minimum Gasteiger partial charge on any atom is -0.399 e. The number of hydrogen-bond donors (Lipinski definition) is 11. The van der Waals surface area contributed by atoms with E-state index in [1.54, 1.807) is 0 Å². The Morgan fingerprint density at radius 1 is 0.635 bits per heavy atom. The van der Waals surface area contributed by atoms with Crippen LogP contribution in [-0.2, 0) is 4.79 Å². The molecule has 2 aliphatic rings. The molecule has 1 unspecified atom stereocenters. The Labute approximate surface area is 363 Å². The van der Waals surface area contributed by atoms with Gasteiger partial charge in [0.05, 0.1) is 23.4 Å². The number of benzene rings is 4. The van der Waals surface area contributed by atoms with Crippen molar-refractivity contribution in [1.29, 1.82) is 5.41 Å². The molecule has 13 heteroatoms. The number of nitrogens with zero attached hydrogens (tertiary/aromatic N) is 1. The van der Waals surface area contributed by atoms with Crippen molar-refractivity contribution in [3.8, 4) is 0 Å². The maximum Gasteiger partial charge on any atom is 0.241 e. The highest BCUT2D eigenvalue weighted by Crippen LogP contribution is 2.37. The van der Waals surface area contributed by atoms with Crippen LogP contribution in [0.5, 0.6) is 0 Å². The van der Waals surface area contributed by atoms with Crippen LogP contribution in [0.25, 0.3) is 16.7 Å². The second kappa shape index (κ2) is 17.0. The predicted octanol–water partition coefficient (Wildman–Crippen LogP) is 5.36. The van der Waals surface area contributed by atoms with E-state index in [-0.39, 0.29) is 17.8 Å². The van der Waals surface area contributed by atoms with Gasteiger partial charge in [0.2, 0.25) is 5.91 Å². The Kier molecular flexibility index (Phi) is 10.8. The quantitative estimate of drug-likeness (QED) is 0.0372. The molecular formula is C50H48N12O. The Balaban J connectivity index is 1.21. The fraction of sp³-hybridized carbons (Fsp3) is 0.100. The van der Waals surface area contributed by atoms with Crippen LogP contribution in [0, 0.1) is 5.41 Å². The van der Waals surface area contributed by atoms with Crippen LogP contribution >= 0.6 is 0 Å². The molecule has 0 saturated heterocycles. The number of nitrogens with two attached hydrogens (primary N) is 5. The standard InChI is InChI=1S/C50H48N12O/c51-32-11-3-28(4-12-32)45-37-19-21-39(59-37)46(29-5-13-33(52)14-6-29)41-23-25-43(61-41)48(31-9-17-35(18-10-31)58-49(63)36(54)2-1-27-57-50(55)56)44-26-24-42(62-44)47(40-22-20-38(45)60-40)30-7-15-34(53)16-8-30/h3-26,36,48,59,61-62H,1-2,27,51-54H2,(H,58,63)(H4,55,56,57)/t36-,48?/m0/s1. The number of carbonyl (C=O) groups excluding carboxylic acids is 1. The lowest BCUT2D eigenvalue weighted by Gasteiger charge is -2.18. The third kappa shape index (κ3) is 8.41. The zero-order valence-corrected chi connectivity index (χ0v) is 34.4. The fourth-order valence-corrected chi connectivity index (χ4v) is 8.26. The highest BCUT2D eigenvalue weighted by atomic mass is 16.2. The zero-order valence-electron chi connectivity index (χ0n) is 34.4. The van der Waals surface area contributed by atoms with Gasteiger partial charge in [0, 0.05) is 79.5 Å². The molecule has 1 amide bonds. The lowest BCUT2D eigenvalue weighted by Crippen LogP contribution is -2.37. The molecule has 13 nitrogen and oxygen atoms in total. The minimum absolute atomic E-state index is 0.113. The number of aromatic nitrogens is 3. The highest BCUT2D eigenvalue weighted by molar-refractivity contribution is 6.30. The lowest BCUT2D eigenvalue weighted by molar-refractivity contribution is -0.117. The summed E-state index contributed by atoms with van der Waals surface area (Å²) in [5.41, 5.74) is 44.7. The molecule has 63 heavy (non-hydrogen) atoms. The molecule has 0 fully saturated rings. The van der Waals surface area contributed by atoms with Gasteiger partial charge in [-0.25, -0.2) is 4.99 Å². The summed E-state index contributed by atoms with van der Waals surface area (Å²) in [6, 6.07) is 43.3. The van der Waals surface area contributed by atoms with Crippen LogP contribution in [0.15, 0.2) is 156 Å². The number of nitrogen functional groups attached to an aromatic ring is 3. The number of nitrogens with one attached hydrogen (secondary N) is 6. The van der Waals surface area contributed by atoms with Crippen molar-refractivity contribution in [3.63, 3.8) is 0 Å². The normalized spacial score (nSPS) is 15.0. The molecule has 0 aliphatic carbocycles. The minimum atomic E-state index is -0.717. The smallest absolute Gasteiger partial charge is 0.241 e. The Hall–Kier alpha value is -8.29. The molecular weight excluding hydrogens is 785 g/mol. The number of anilines is 4. The van der Waals surface area contributed by atoms with Gasteiger partial charge in [0.1, 0.15) is 0 Å². The number of aromatic amines is 3. The number of fused-ring (bicyclic) bond motifs is 7. The first-order chi connectivity index (χ1) is 30.6. The number of carbonyl (C=O) groups is 1. The van der Waals surface area contributed by atoms with Crippen LogP contribution in [0.2, 0.25) is 0 Å². The van der Waals surface area contributed by atoms with Crippen molar-refractivity contribution < 1.29 is 4.79 Å². The third-order valence-electron chi connectivity index (χ3n) is 11.4. The first-order valence-corrected chi connectivity index (χ1v) is 20.7. The van der Waals surface area contributed by atoms with Gasteiger partial charge < -0.3 is 54.3 Å². The number of H-pyrrole nitrogens is 3. The molecule has 0 radical (unpaired) electrons. The first kappa shape index (κ1) is 40.1. The number of allylic oxidation sites excluding steroid dienone is 2. The van der Waals surface area contributed by atoms with Gasteiger partial charge in [0.25, 0.3) is 0 Å². The first-order valence-electron chi connectivity index (χ1n) is 20.7. The summed E-state index contributed by atoms with van der Waals surface area (Å²) in [6.07, 6.45) is 5.15. The van der Waals surface area contributed by atoms with Gasteiger partial charge in [-0.1, -0.05) is 48.5 Å². The third-order valence-corrected chi connectivity index (χ3v) is 11.4. The second-order valence-electron chi connectivity index (χ2n) is 15.8. The summed E-state index contributed by atoms with van der Waals surface area (Å²) in [5, 5.41) is 14.8. The molecule has 5 heterocycles. The Morgan fingerprint density at radius 2 is 1.16 bits per heavy atom. The largest absolute Gasteiger partial charge is 0.399 e. The molecule has 4 aromatic carbocycles. The average molecular weight is 833 g/mol. The highest BCUT2D eigenvalue weighted by Gasteiger charge is 2.25. The molecule has 2 atom stereocenters. The Bertz CT molecular complexity index is 3050. The maximum absolute atomic E-state index is 13.1. The van der Waals surface area contributed by atoms with Crippen molar-refractivity contribution in [1.82, 2.24) is 20.3 Å². The molecule has 2 aliphatic heterocycles. The number of rotatable bonds is 10. The Morgan fingerprint density at radius 3 is 1.73 bits per heavy atom. The fourth-order valence-electron chi connectivity index (χ4n) is 8.26. The van der Waals surface area contributed by atoms with E-state index < -0.39 is 6.04 Å². The molecule has 16 N–H and O–H groups in total. The average Bonchev–Trinajstić information content (AvgIpc) is 4.13. The van der Waals surface area contributed by atoms with Crippen molar-refractivity contribution in [2.75, 3.05) is 29.1 Å². The number of hydrogen-bond acceptors (Lipinski definition) is 7. The van der Waals surface area contributed by atoms with Crippen molar-refractivity contribution in [3.05, 3.63) is 207 Å². The SMILES string of the molecule is N=C(N)NCCC[C@H](N)C(=O)Nc1ccc(C2c3ccc([nH]3)C(c3ccc(N)cc3)=C3C=CC(=N3)C(c3ccc(N)cc3)=c3ccc([nH]3)=C(c3ccc(N)cc3)c3ccc2[nH]3)cc1. The van der Waals surface area contributed by atoms with Gasteiger partial charge in [-0.3, -0.25) is 10.2 Å². The zero-order chi connectivity index (χ0) is 43.6. The number of amides is 1. The maximum atomic E-state index is 13.1. The van der Waals surface area contributed by atoms with Crippen LogP contribution in [-0.4, -0.2) is 45.1 Å². The summed E-state index contributed by atoms with van der Waals surface area (Å²) >= 11 is 0. The van der Waals surface area contributed by atoms with Gasteiger partial charge in [0.15, 0.2) is 5.96 Å². The van der Waals surface area contributed by atoms with E-state index in [0.29, 0.717) is 42.1 Å². The van der Waals surface area contributed by atoms with Crippen molar-refractivity contribution in [2.24, 2.45) is 16.5 Å². The molecule has 0 spiro atoms. The lowest BCUT2D eigenvalue weighted by atomic mass is 9.92. The van der Waals surface area contributed by atoms with E-state index in [4.69, 9.17) is 39.1 Å². The summed E-state index contributed by atoms with van der Waals surface area (Å²) in [4.78, 5) is 29.8.